The SMILES string of the molecule is CCC1=C(CC)C2CC2C=C1F. The summed E-state index contributed by atoms with van der Waals surface area (Å²) in [5.41, 5.74) is 2.39. The Kier molecular flexibility index (Phi) is 1.82. The average molecular weight is 166 g/mol. The maximum absolute atomic E-state index is 13.4. The van der Waals surface area contributed by atoms with Crippen molar-refractivity contribution in [3.05, 3.63) is 23.0 Å². The molecule has 0 aromatic heterocycles. The van der Waals surface area contributed by atoms with Crippen LogP contribution in [-0.4, -0.2) is 0 Å². The molecule has 1 fully saturated rings. The van der Waals surface area contributed by atoms with Crippen LogP contribution in [0.15, 0.2) is 23.0 Å². The molecule has 2 aliphatic rings. The monoisotopic (exact) mass is 166 g/mol. The zero-order chi connectivity index (χ0) is 8.72. The third-order valence-electron chi connectivity index (χ3n) is 3.06. The normalized spacial score (nSPS) is 33.1. The van der Waals surface area contributed by atoms with Crippen LogP contribution in [0.1, 0.15) is 33.1 Å². The highest BCUT2D eigenvalue weighted by Crippen LogP contribution is 2.52. The first-order chi connectivity index (χ1) is 5.77. The Morgan fingerprint density at radius 3 is 2.75 bits per heavy atom. The van der Waals surface area contributed by atoms with Gasteiger partial charge < -0.3 is 0 Å². The summed E-state index contributed by atoms with van der Waals surface area (Å²) in [5.74, 6) is 1.33. The Hall–Kier alpha value is -0.590. The first kappa shape index (κ1) is 8.03. The van der Waals surface area contributed by atoms with Crippen molar-refractivity contribution in [1.82, 2.24) is 0 Å². The zero-order valence-electron chi connectivity index (χ0n) is 7.73. The number of allylic oxidation sites excluding steroid dienone is 4. The Labute approximate surface area is 73.2 Å². The largest absolute Gasteiger partial charge is 0.207 e. The molecule has 1 heteroatoms. The third-order valence-corrected chi connectivity index (χ3v) is 3.06. The molecular weight excluding hydrogens is 151 g/mol. The maximum Gasteiger partial charge on any atom is 0.122 e. The minimum atomic E-state index is 0.0631. The topological polar surface area (TPSA) is 0 Å². The highest BCUT2D eigenvalue weighted by atomic mass is 19.1. The highest BCUT2D eigenvalue weighted by Gasteiger charge is 2.42. The van der Waals surface area contributed by atoms with Crippen LogP contribution < -0.4 is 0 Å². The van der Waals surface area contributed by atoms with Crippen LogP contribution in [0, 0.1) is 11.8 Å². The summed E-state index contributed by atoms with van der Waals surface area (Å²) in [6.45, 7) is 4.18. The van der Waals surface area contributed by atoms with Gasteiger partial charge in [-0.2, -0.15) is 0 Å². The van der Waals surface area contributed by atoms with Crippen LogP contribution in [0.2, 0.25) is 0 Å². The van der Waals surface area contributed by atoms with Crippen LogP contribution >= 0.6 is 0 Å². The molecule has 0 aromatic rings. The van der Waals surface area contributed by atoms with E-state index in [1.165, 1.54) is 12.0 Å². The molecule has 0 aliphatic heterocycles. The number of hydrogen-bond donors (Lipinski definition) is 0. The van der Waals surface area contributed by atoms with Gasteiger partial charge in [0.1, 0.15) is 5.83 Å². The van der Waals surface area contributed by atoms with Gasteiger partial charge in [0.2, 0.25) is 0 Å². The minimum Gasteiger partial charge on any atom is -0.207 e. The molecule has 0 amide bonds. The molecule has 0 radical (unpaired) electrons. The van der Waals surface area contributed by atoms with E-state index in [1.807, 2.05) is 13.0 Å². The quantitative estimate of drug-likeness (QED) is 0.588. The Bertz CT molecular complexity index is 260. The van der Waals surface area contributed by atoms with Crippen molar-refractivity contribution in [2.45, 2.75) is 33.1 Å². The van der Waals surface area contributed by atoms with E-state index in [4.69, 9.17) is 0 Å². The molecule has 0 heterocycles. The Morgan fingerprint density at radius 1 is 1.42 bits per heavy atom. The fraction of sp³-hybridized carbons (Fsp3) is 0.636. The van der Waals surface area contributed by atoms with Crippen LogP contribution in [-0.2, 0) is 0 Å². The number of halogens is 1. The molecule has 2 atom stereocenters. The fourth-order valence-electron chi connectivity index (χ4n) is 2.34. The van der Waals surface area contributed by atoms with Gasteiger partial charge in [-0.1, -0.05) is 19.4 Å². The van der Waals surface area contributed by atoms with Crippen molar-refractivity contribution < 1.29 is 4.39 Å². The van der Waals surface area contributed by atoms with Gasteiger partial charge in [0.05, 0.1) is 0 Å². The summed E-state index contributed by atoms with van der Waals surface area (Å²) in [6.07, 6.45) is 4.91. The van der Waals surface area contributed by atoms with Gasteiger partial charge in [0.15, 0.2) is 0 Å². The van der Waals surface area contributed by atoms with Crippen LogP contribution in [0.4, 0.5) is 4.39 Å². The first-order valence-corrected chi connectivity index (χ1v) is 4.87. The minimum absolute atomic E-state index is 0.0631. The lowest BCUT2D eigenvalue weighted by Gasteiger charge is -2.14. The summed E-state index contributed by atoms with van der Waals surface area (Å²) in [7, 11) is 0. The first-order valence-electron chi connectivity index (χ1n) is 4.87. The van der Waals surface area contributed by atoms with E-state index in [9.17, 15) is 4.39 Å². The lowest BCUT2D eigenvalue weighted by molar-refractivity contribution is 0.609. The van der Waals surface area contributed by atoms with Gasteiger partial charge in [0, 0.05) is 0 Å². The predicted octanol–water partition coefficient (Wildman–Crippen LogP) is 3.61. The number of hydrogen-bond acceptors (Lipinski definition) is 0. The van der Waals surface area contributed by atoms with E-state index in [2.05, 4.69) is 6.92 Å². The van der Waals surface area contributed by atoms with Crippen LogP contribution in [0.25, 0.3) is 0 Å². The van der Waals surface area contributed by atoms with E-state index in [0.717, 1.165) is 18.4 Å². The molecule has 12 heavy (non-hydrogen) atoms. The number of rotatable bonds is 2. The standard InChI is InChI=1S/C11H15F/c1-3-8-9(4-2)11(12)6-7-5-10(7)8/h6-7,10H,3-5H2,1-2H3. The molecule has 0 bridgehead atoms. The van der Waals surface area contributed by atoms with Crippen molar-refractivity contribution in [2.24, 2.45) is 11.8 Å². The molecule has 1 saturated carbocycles. The fourth-order valence-corrected chi connectivity index (χ4v) is 2.34. The summed E-state index contributed by atoms with van der Waals surface area (Å²) in [6, 6.07) is 0. The smallest absolute Gasteiger partial charge is 0.122 e. The van der Waals surface area contributed by atoms with E-state index in [1.54, 1.807) is 0 Å². The van der Waals surface area contributed by atoms with Crippen molar-refractivity contribution >= 4 is 0 Å². The lowest BCUT2D eigenvalue weighted by Crippen LogP contribution is -2.00. The molecule has 0 saturated heterocycles. The second kappa shape index (κ2) is 2.72. The third kappa shape index (κ3) is 1.03. The van der Waals surface area contributed by atoms with Gasteiger partial charge in [-0.15, -0.1) is 0 Å². The van der Waals surface area contributed by atoms with E-state index >= 15 is 0 Å². The maximum atomic E-state index is 13.4. The van der Waals surface area contributed by atoms with Crippen molar-refractivity contribution in [1.29, 1.82) is 0 Å². The van der Waals surface area contributed by atoms with Crippen molar-refractivity contribution in [3.63, 3.8) is 0 Å². The molecule has 66 valence electrons. The Balaban J connectivity index is 2.36. The van der Waals surface area contributed by atoms with Gasteiger partial charge in [-0.05, 0) is 42.7 Å². The van der Waals surface area contributed by atoms with Gasteiger partial charge in [0.25, 0.3) is 0 Å². The zero-order valence-corrected chi connectivity index (χ0v) is 7.73. The molecule has 2 unspecified atom stereocenters. The van der Waals surface area contributed by atoms with Gasteiger partial charge in [-0.25, -0.2) is 4.39 Å². The predicted molar refractivity (Wildman–Crippen MR) is 48.4 cm³/mol. The van der Waals surface area contributed by atoms with Crippen molar-refractivity contribution in [2.75, 3.05) is 0 Å². The molecule has 0 spiro atoms. The molecular formula is C11H15F. The molecule has 0 aromatic carbocycles. The van der Waals surface area contributed by atoms with E-state index < -0.39 is 0 Å². The van der Waals surface area contributed by atoms with Gasteiger partial charge >= 0.3 is 0 Å². The Morgan fingerprint density at radius 2 is 2.17 bits per heavy atom. The molecule has 0 N–H and O–H groups in total. The van der Waals surface area contributed by atoms with E-state index in [-0.39, 0.29) is 5.83 Å². The summed E-state index contributed by atoms with van der Waals surface area (Å²) in [4.78, 5) is 0. The molecule has 2 rings (SSSR count). The molecule has 0 nitrogen and oxygen atoms in total. The molecule has 2 aliphatic carbocycles. The summed E-state index contributed by atoms with van der Waals surface area (Å²) in [5, 5.41) is 0. The van der Waals surface area contributed by atoms with Gasteiger partial charge in [-0.3, -0.25) is 0 Å². The summed E-state index contributed by atoms with van der Waals surface area (Å²) >= 11 is 0. The van der Waals surface area contributed by atoms with E-state index in [0.29, 0.717) is 11.8 Å². The average Bonchev–Trinajstić information content (AvgIpc) is 2.80. The van der Waals surface area contributed by atoms with Crippen LogP contribution in [0.3, 0.4) is 0 Å². The summed E-state index contributed by atoms with van der Waals surface area (Å²) < 4.78 is 13.4. The van der Waals surface area contributed by atoms with Crippen LogP contribution in [0.5, 0.6) is 0 Å². The lowest BCUT2D eigenvalue weighted by atomic mass is 9.93. The number of fused-ring (bicyclic) bond motifs is 1. The second-order valence-corrected chi connectivity index (χ2v) is 3.73. The second-order valence-electron chi connectivity index (χ2n) is 3.73. The van der Waals surface area contributed by atoms with Crippen molar-refractivity contribution in [3.8, 4) is 0 Å². The highest BCUT2D eigenvalue weighted by molar-refractivity contribution is 5.41.